The van der Waals surface area contributed by atoms with Gasteiger partial charge in [0, 0.05) is 20.1 Å². The van der Waals surface area contributed by atoms with Gasteiger partial charge in [0.1, 0.15) is 12.4 Å². The molecule has 5 heteroatoms. The second-order valence-corrected chi connectivity index (χ2v) is 6.02. The Balaban J connectivity index is 1.77. The minimum Gasteiger partial charge on any atom is -0.492 e. The summed E-state index contributed by atoms with van der Waals surface area (Å²) in [5, 5.41) is 6.64. The van der Waals surface area contributed by atoms with Crippen LogP contribution in [0.4, 0.5) is 0 Å². The van der Waals surface area contributed by atoms with Crippen molar-refractivity contribution < 1.29 is 4.74 Å². The molecule has 0 saturated heterocycles. The Morgan fingerprint density at radius 1 is 0.960 bits per heavy atom. The van der Waals surface area contributed by atoms with Crippen LogP contribution >= 0.6 is 0 Å². The summed E-state index contributed by atoms with van der Waals surface area (Å²) in [7, 11) is 5.94. The number of rotatable bonds is 8. The Morgan fingerprint density at radius 2 is 1.64 bits per heavy atom. The third-order valence-electron chi connectivity index (χ3n) is 3.68. The fraction of sp³-hybridized carbons (Fsp3) is 0.350. The van der Waals surface area contributed by atoms with Crippen molar-refractivity contribution in [2.45, 2.75) is 13.1 Å². The molecule has 25 heavy (non-hydrogen) atoms. The zero-order valence-corrected chi connectivity index (χ0v) is 15.3. The Kier molecular flexibility index (Phi) is 7.79. The van der Waals surface area contributed by atoms with Gasteiger partial charge in [-0.05, 0) is 37.4 Å². The fourth-order valence-electron chi connectivity index (χ4n) is 2.48. The molecule has 0 spiro atoms. The molecule has 2 rings (SSSR count). The van der Waals surface area contributed by atoms with Crippen LogP contribution in [0.15, 0.2) is 59.6 Å². The van der Waals surface area contributed by atoms with E-state index in [0.717, 1.165) is 24.8 Å². The first kappa shape index (κ1) is 18.8. The number of benzene rings is 2. The highest BCUT2D eigenvalue weighted by Crippen LogP contribution is 2.10. The van der Waals surface area contributed by atoms with Gasteiger partial charge in [0.05, 0.1) is 6.54 Å². The molecule has 0 aliphatic heterocycles. The minimum absolute atomic E-state index is 0.585. The van der Waals surface area contributed by atoms with Gasteiger partial charge in [-0.3, -0.25) is 4.99 Å². The lowest BCUT2D eigenvalue weighted by Gasteiger charge is -2.16. The van der Waals surface area contributed by atoms with Crippen LogP contribution in [0.5, 0.6) is 5.75 Å². The lowest BCUT2D eigenvalue weighted by atomic mass is 10.1. The van der Waals surface area contributed by atoms with Gasteiger partial charge < -0.3 is 20.3 Å². The third-order valence-corrected chi connectivity index (χ3v) is 3.68. The standard InChI is InChI=1S/C20H28N4O/c1-21-20(22-13-14-25-19-11-5-4-6-12-19)23-15-17-9-7-8-10-18(17)16-24(2)3/h4-12H,13-16H2,1-3H3,(H2,21,22,23). The van der Waals surface area contributed by atoms with Crippen LogP contribution in [0, 0.1) is 0 Å². The van der Waals surface area contributed by atoms with Crippen molar-refractivity contribution in [1.82, 2.24) is 15.5 Å². The first-order valence-electron chi connectivity index (χ1n) is 8.53. The van der Waals surface area contributed by atoms with E-state index in [1.54, 1.807) is 7.05 Å². The van der Waals surface area contributed by atoms with Crippen LogP contribution in [-0.2, 0) is 13.1 Å². The van der Waals surface area contributed by atoms with Gasteiger partial charge >= 0.3 is 0 Å². The number of ether oxygens (including phenoxy) is 1. The van der Waals surface area contributed by atoms with E-state index in [2.05, 4.69) is 58.9 Å². The average Bonchev–Trinajstić information content (AvgIpc) is 2.62. The number of hydrogen-bond acceptors (Lipinski definition) is 3. The molecular weight excluding hydrogens is 312 g/mol. The summed E-state index contributed by atoms with van der Waals surface area (Å²) in [6.45, 7) is 2.94. The zero-order chi connectivity index (χ0) is 17.9. The number of hydrogen-bond donors (Lipinski definition) is 2. The predicted molar refractivity (Wildman–Crippen MR) is 104 cm³/mol. The summed E-state index contributed by atoms with van der Waals surface area (Å²) in [5.41, 5.74) is 2.60. The van der Waals surface area contributed by atoms with E-state index < -0.39 is 0 Å². The van der Waals surface area contributed by atoms with Crippen molar-refractivity contribution in [2.75, 3.05) is 34.3 Å². The Morgan fingerprint density at radius 3 is 2.32 bits per heavy atom. The van der Waals surface area contributed by atoms with Crippen LogP contribution in [0.3, 0.4) is 0 Å². The summed E-state index contributed by atoms with van der Waals surface area (Å²) < 4.78 is 5.68. The van der Waals surface area contributed by atoms with Crippen molar-refractivity contribution in [3.8, 4) is 5.75 Å². The van der Waals surface area contributed by atoms with E-state index in [9.17, 15) is 0 Å². The summed E-state index contributed by atoms with van der Waals surface area (Å²) in [4.78, 5) is 6.44. The Hall–Kier alpha value is -2.53. The molecule has 0 fully saturated rings. The average molecular weight is 340 g/mol. The normalized spacial score (nSPS) is 11.4. The van der Waals surface area contributed by atoms with Crippen LogP contribution in [0.25, 0.3) is 0 Å². The molecule has 2 N–H and O–H groups in total. The molecule has 0 atom stereocenters. The van der Waals surface area contributed by atoms with Gasteiger partial charge in [-0.2, -0.15) is 0 Å². The first-order chi connectivity index (χ1) is 12.2. The monoisotopic (exact) mass is 340 g/mol. The molecular formula is C20H28N4O. The molecule has 134 valence electrons. The molecule has 0 aliphatic carbocycles. The van der Waals surface area contributed by atoms with E-state index in [-0.39, 0.29) is 0 Å². The van der Waals surface area contributed by atoms with Crippen molar-refractivity contribution in [2.24, 2.45) is 4.99 Å². The minimum atomic E-state index is 0.585. The highest BCUT2D eigenvalue weighted by Gasteiger charge is 2.04. The SMILES string of the molecule is CN=C(NCCOc1ccccc1)NCc1ccccc1CN(C)C. The summed E-state index contributed by atoms with van der Waals surface area (Å²) in [6, 6.07) is 18.3. The maximum Gasteiger partial charge on any atom is 0.191 e. The van der Waals surface area contributed by atoms with E-state index in [1.807, 2.05) is 30.3 Å². The molecule has 2 aromatic carbocycles. The number of guanidine groups is 1. The Bertz CT molecular complexity index is 656. The second-order valence-electron chi connectivity index (χ2n) is 6.02. The zero-order valence-electron chi connectivity index (χ0n) is 15.3. The van der Waals surface area contributed by atoms with Gasteiger partial charge in [-0.1, -0.05) is 42.5 Å². The number of nitrogens with one attached hydrogen (secondary N) is 2. The lowest BCUT2D eigenvalue weighted by molar-refractivity contribution is 0.322. The smallest absolute Gasteiger partial charge is 0.191 e. The highest BCUT2D eigenvalue weighted by atomic mass is 16.5. The van der Waals surface area contributed by atoms with Crippen LogP contribution in [0.2, 0.25) is 0 Å². The van der Waals surface area contributed by atoms with Gasteiger partial charge in [-0.15, -0.1) is 0 Å². The van der Waals surface area contributed by atoms with Crippen molar-refractivity contribution in [1.29, 1.82) is 0 Å². The molecule has 0 aromatic heterocycles. The molecule has 0 heterocycles. The second kappa shape index (κ2) is 10.4. The summed E-state index contributed by atoms with van der Waals surface area (Å²) in [5.74, 6) is 1.65. The Labute approximate surface area is 150 Å². The van der Waals surface area contributed by atoms with Gasteiger partial charge in [0.2, 0.25) is 0 Å². The maximum atomic E-state index is 5.68. The topological polar surface area (TPSA) is 48.9 Å². The van der Waals surface area contributed by atoms with Gasteiger partial charge in [-0.25, -0.2) is 0 Å². The van der Waals surface area contributed by atoms with Crippen LogP contribution in [-0.4, -0.2) is 45.2 Å². The third kappa shape index (κ3) is 6.85. The summed E-state index contributed by atoms with van der Waals surface area (Å²) in [6.07, 6.45) is 0. The molecule has 0 radical (unpaired) electrons. The quantitative estimate of drug-likeness (QED) is 0.440. The predicted octanol–water partition coefficient (Wildman–Crippen LogP) is 2.49. The maximum absolute atomic E-state index is 5.68. The molecule has 0 amide bonds. The summed E-state index contributed by atoms with van der Waals surface area (Å²) >= 11 is 0. The number of nitrogens with zero attached hydrogens (tertiary/aromatic N) is 2. The first-order valence-corrected chi connectivity index (χ1v) is 8.53. The largest absolute Gasteiger partial charge is 0.492 e. The molecule has 0 aliphatic rings. The number of para-hydroxylation sites is 1. The number of aliphatic imine (C=N–C) groups is 1. The van der Waals surface area contributed by atoms with Crippen LogP contribution in [0.1, 0.15) is 11.1 Å². The van der Waals surface area contributed by atoms with Crippen molar-refractivity contribution in [3.05, 3.63) is 65.7 Å². The molecule has 0 bridgehead atoms. The highest BCUT2D eigenvalue weighted by molar-refractivity contribution is 5.79. The molecule has 5 nitrogen and oxygen atoms in total. The van der Waals surface area contributed by atoms with E-state index in [1.165, 1.54) is 11.1 Å². The van der Waals surface area contributed by atoms with Crippen molar-refractivity contribution >= 4 is 5.96 Å². The van der Waals surface area contributed by atoms with E-state index >= 15 is 0 Å². The van der Waals surface area contributed by atoms with E-state index in [0.29, 0.717) is 13.2 Å². The lowest BCUT2D eigenvalue weighted by Crippen LogP contribution is -2.39. The molecule has 0 unspecified atom stereocenters. The molecule has 2 aromatic rings. The molecule has 0 saturated carbocycles. The van der Waals surface area contributed by atoms with E-state index in [4.69, 9.17) is 4.74 Å². The van der Waals surface area contributed by atoms with Gasteiger partial charge in [0.25, 0.3) is 0 Å². The van der Waals surface area contributed by atoms with Gasteiger partial charge in [0.15, 0.2) is 5.96 Å². The fourth-order valence-corrected chi connectivity index (χ4v) is 2.48. The van der Waals surface area contributed by atoms with Crippen molar-refractivity contribution in [3.63, 3.8) is 0 Å². The van der Waals surface area contributed by atoms with Crippen LogP contribution < -0.4 is 15.4 Å².